The maximum Gasteiger partial charge on any atom is 0.305 e. The zero-order valence-electron chi connectivity index (χ0n) is 31.9. The number of esters is 2. The second kappa shape index (κ2) is 40.0. The van der Waals surface area contributed by atoms with Gasteiger partial charge in [-0.2, -0.15) is 0 Å². The molecule has 6 heteroatoms. The molecule has 0 aromatic carbocycles. The minimum Gasteiger partial charge on any atom is -0.464 e. The standard InChI is InChI=1S/C43H75NO5/c1-3-5-7-9-11-13-15-17-19-21-23-25-27-29-31-34-42(46)48-40-37-44(36-33-39-45)38-41-49-43(47)35-32-30-28-26-24-22-20-18-16-14-12-10-8-6-4-2/h11-14,17-20,39H,3-10,15-16,21-38,40-41H2,1-2H3/b13-11-,14-12-,19-17-,20-18-. The Bertz CT molecular complexity index is 798. The van der Waals surface area contributed by atoms with Gasteiger partial charge >= 0.3 is 11.9 Å². The van der Waals surface area contributed by atoms with Crippen LogP contribution in [0, 0.1) is 0 Å². The first-order valence-electron chi connectivity index (χ1n) is 20.2. The molecule has 0 aliphatic heterocycles. The SMILES string of the molecule is CCCCC/C=C\C/C=C\CCCCCCCC(=O)OCCN(CCC=O)CCOC(=O)CCCCCCC/C=C\C/C=C\CCCCC. The quantitative estimate of drug-likeness (QED) is 0.0280. The molecule has 0 aliphatic rings. The van der Waals surface area contributed by atoms with Crippen molar-refractivity contribution in [1.82, 2.24) is 4.90 Å². The molecular weight excluding hydrogens is 610 g/mol. The number of nitrogens with zero attached hydrogens (tertiary/aromatic N) is 1. The molecule has 282 valence electrons. The maximum absolute atomic E-state index is 12.2. The molecule has 0 N–H and O–H groups in total. The minimum absolute atomic E-state index is 0.162. The van der Waals surface area contributed by atoms with E-state index in [4.69, 9.17) is 9.47 Å². The normalized spacial score (nSPS) is 12.0. The van der Waals surface area contributed by atoms with Crippen molar-refractivity contribution in [2.75, 3.05) is 32.8 Å². The summed E-state index contributed by atoms with van der Waals surface area (Å²) in [6.07, 6.45) is 45.8. The Morgan fingerprint density at radius 2 is 0.816 bits per heavy atom. The molecule has 0 fully saturated rings. The van der Waals surface area contributed by atoms with Crippen LogP contribution in [0.25, 0.3) is 0 Å². The average molecular weight is 686 g/mol. The van der Waals surface area contributed by atoms with Gasteiger partial charge in [0.2, 0.25) is 0 Å². The number of rotatable bonds is 37. The van der Waals surface area contributed by atoms with Crippen LogP contribution in [0.2, 0.25) is 0 Å². The Morgan fingerprint density at radius 1 is 0.449 bits per heavy atom. The summed E-state index contributed by atoms with van der Waals surface area (Å²) < 4.78 is 10.9. The summed E-state index contributed by atoms with van der Waals surface area (Å²) in [7, 11) is 0. The molecule has 0 unspecified atom stereocenters. The van der Waals surface area contributed by atoms with Crippen molar-refractivity contribution in [2.24, 2.45) is 0 Å². The van der Waals surface area contributed by atoms with Crippen molar-refractivity contribution in [3.63, 3.8) is 0 Å². The number of carbonyl (C=O) groups excluding carboxylic acids is 3. The van der Waals surface area contributed by atoms with Crippen LogP contribution in [0.3, 0.4) is 0 Å². The Labute approximate surface area is 302 Å². The van der Waals surface area contributed by atoms with Gasteiger partial charge in [-0.3, -0.25) is 14.5 Å². The fourth-order valence-electron chi connectivity index (χ4n) is 5.45. The molecule has 0 aliphatic carbocycles. The van der Waals surface area contributed by atoms with Crippen LogP contribution in [0.15, 0.2) is 48.6 Å². The first-order valence-corrected chi connectivity index (χ1v) is 20.2. The highest BCUT2D eigenvalue weighted by molar-refractivity contribution is 5.69. The lowest BCUT2D eigenvalue weighted by Crippen LogP contribution is -2.33. The summed E-state index contributed by atoms with van der Waals surface area (Å²) in [6.45, 7) is 6.68. The fourth-order valence-corrected chi connectivity index (χ4v) is 5.45. The minimum atomic E-state index is -0.162. The molecule has 49 heavy (non-hydrogen) atoms. The molecule has 0 aromatic rings. The first kappa shape index (κ1) is 46.5. The van der Waals surface area contributed by atoms with Gasteiger partial charge in [0.05, 0.1) is 0 Å². The van der Waals surface area contributed by atoms with Gasteiger partial charge in [0.15, 0.2) is 0 Å². The number of hydrogen-bond acceptors (Lipinski definition) is 6. The van der Waals surface area contributed by atoms with Crippen molar-refractivity contribution in [2.45, 2.75) is 174 Å². The molecule has 0 amide bonds. The van der Waals surface area contributed by atoms with E-state index in [9.17, 15) is 14.4 Å². The van der Waals surface area contributed by atoms with E-state index in [0.29, 0.717) is 38.9 Å². The van der Waals surface area contributed by atoms with Crippen LogP contribution in [0.4, 0.5) is 0 Å². The molecule has 0 saturated carbocycles. The van der Waals surface area contributed by atoms with Crippen LogP contribution < -0.4 is 0 Å². The molecule has 0 rings (SSSR count). The largest absolute Gasteiger partial charge is 0.464 e. The molecule has 0 saturated heterocycles. The number of carbonyl (C=O) groups is 3. The second-order valence-electron chi connectivity index (χ2n) is 13.2. The van der Waals surface area contributed by atoms with E-state index in [1.54, 1.807) is 0 Å². The third-order valence-electron chi connectivity index (χ3n) is 8.57. The lowest BCUT2D eigenvalue weighted by Gasteiger charge is -2.21. The van der Waals surface area contributed by atoms with Gasteiger partial charge in [0, 0.05) is 38.9 Å². The lowest BCUT2D eigenvalue weighted by atomic mass is 10.1. The zero-order chi connectivity index (χ0) is 35.7. The third kappa shape index (κ3) is 38.2. The van der Waals surface area contributed by atoms with Crippen molar-refractivity contribution in [3.8, 4) is 0 Å². The van der Waals surface area contributed by atoms with Crippen molar-refractivity contribution in [3.05, 3.63) is 48.6 Å². The summed E-state index contributed by atoms with van der Waals surface area (Å²) in [4.78, 5) is 37.3. The topological polar surface area (TPSA) is 72.9 Å². The van der Waals surface area contributed by atoms with Gasteiger partial charge in [-0.25, -0.2) is 0 Å². The summed E-state index contributed by atoms with van der Waals surface area (Å²) in [5.74, 6) is -0.324. The monoisotopic (exact) mass is 686 g/mol. The predicted molar refractivity (Wildman–Crippen MR) is 208 cm³/mol. The summed E-state index contributed by atoms with van der Waals surface area (Å²) >= 11 is 0. The fraction of sp³-hybridized carbons (Fsp3) is 0.744. The van der Waals surface area contributed by atoms with Crippen LogP contribution in [-0.2, 0) is 23.9 Å². The summed E-state index contributed by atoms with van der Waals surface area (Å²) in [5.41, 5.74) is 0. The molecule has 0 spiro atoms. The molecule has 0 bridgehead atoms. The highest BCUT2D eigenvalue weighted by Crippen LogP contribution is 2.10. The Balaban J connectivity index is 3.77. The van der Waals surface area contributed by atoms with Crippen LogP contribution in [0.5, 0.6) is 0 Å². The van der Waals surface area contributed by atoms with Crippen LogP contribution >= 0.6 is 0 Å². The van der Waals surface area contributed by atoms with Gasteiger partial charge in [-0.1, -0.05) is 127 Å². The molecule has 6 nitrogen and oxygen atoms in total. The lowest BCUT2D eigenvalue weighted by molar-refractivity contribution is -0.144. The van der Waals surface area contributed by atoms with E-state index in [1.165, 1.54) is 77.0 Å². The second-order valence-corrected chi connectivity index (χ2v) is 13.2. The van der Waals surface area contributed by atoms with E-state index < -0.39 is 0 Å². The van der Waals surface area contributed by atoms with E-state index in [-0.39, 0.29) is 25.2 Å². The summed E-state index contributed by atoms with van der Waals surface area (Å²) in [6, 6.07) is 0. The number of unbranched alkanes of at least 4 members (excludes halogenated alkanes) is 16. The Hall–Kier alpha value is -2.47. The molecule has 0 heterocycles. The number of ether oxygens (including phenoxy) is 2. The number of hydrogen-bond donors (Lipinski definition) is 0. The van der Waals surface area contributed by atoms with Crippen LogP contribution in [0.1, 0.15) is 174 Å². The van der Waals surface area contributed by atoms with Crippen LogP contribution in [-0.4, -0.2) is 56.0 Å². The molecule has 0 atom stereocenters. The maximum atomic E-state index is 12.2. The van der Waals surface area contributed by atoms with Gasteiger partial charge in [-0.15, -0.1) is 0 Å². The Morgan fingerprint density at radius 3 is 1.20 bits per heavy atom. The van der Waals surface area contributed by atoms with Gasteiger partial charge in [-0.05, 0) is 77.0 Å². The number of aldehydes is 1. The van der Waals surface area contributed by atoms with E-state index >= 15 is 0 Å². The van der Waals surface area contributed by atoms with Crippen molar-refractivity contribution in [1.29, 1.82) is 0 Å². The van der Waals surface area contributed by atoms with E-state index in [2.05, 4.69) is 62.5 Å². The highest BCUT2D eigenvalue weighted by atomic mass is 16.5. The van der Waals surface area contributed by atoms with E-state index in [1.807, 2.05) is 4.90 Å². The Kier molecular flexibility index (Phi) is 37.9. The summed E-state index contributed by atoms with van der Waals surface area (Å²) in [5, 5.41) is 0. The molecular formula is C43H75NO5. The third-order valence-corrected chi connectivity index (χ3v) is 8.57. The zero-order valence-corrected chi connectivity index (χ0v) is 31.9. The smallest absolute Gasteiger partial charge is 0.305 e. The predicted octanol–water partition coefficient (Wildman–Crippen LogP) is 11.6. The van der Waals surface area contributed by atoms with Gasteiger partial charge in [0.25, 0.3) is 0 Å². The number of allylic oxidation sites excluding steroid dienone is 8. The van der Waals surface area contributed by atoms with Gasteiger partial charge in [0.1, 0.15) is 19.5 Å². The average Bonchev–Trinajstić information content (AvgIpc) is 3.10. The van der Waals surface area contributed by atoms with Crippen molar-refractivity contribution >= 4 is 18.2 Å². The van der Waals surface area contributed by atoms with Gasteiger partial charge < -0.3 is 14.3 Å². The van der Waals surface area contributed by atoms with E-state index in [0.717, 1.165) is 70.5 Å². The molecule has 0 radical (unpaired) electrons. The highest BCUT2D eigenvalue weighted by Gasteiger charge is 2.09. The molecule has 0 aromatic heterocycles. The van der Waals surface area contributed by atoms with Crippen molar-refractivity contribution < 1.29 is 23.9 Å². The first-order chi connectivity index (χ1) is 24.1.